The Morgan fingerprint density at radius 1 is 1.24 bits per heavy atom. The van der Waals surface area contributed by atoms with Gasteiger partial charge in [0.25, 0.3) is 0 Å². The highest BCUT2D eigenvalue weighted by atomic mass is 127. The highest BCUT2D eigenvalue weighted by Gasteiger charge is 2.22. The maximum atomic E-state index is 6.08. The summed E-state index contributed by atoms with van der Waals surface area (Å²) in [4.78, 5) is 9.43. The maximum absolute atomic E-state index is 6.08. The minimum absolute atomic E-state index is 0. The van der Waals surface area contributed by atoms with E-state index in [1.807, 2.05) is 30.3 Å². The first kappa shape index (κ1) is 22.0. The van der Waals surface area contributed by atoms with Crippen LogP contribution in [0.4, 0.5) is 0 Å². The molecule has 25 heavy (non-hydrogen) atoms. The number of piperidine rings is 1. The number of nitrogens with zero attached hydrogens (tertiary/aromatic N) is 3. The van der Waals surface area contributed by atoms with Gasteiger partial charge in [-0.25, -0.2) is 0 Å². The van der Waals surface area contributed by atoms with Gasteiger partial charge in [0.2, 0.25) is 0 Å². The molecule has 1 aliphatic heterocycles. The van der Waals surface area contributed by atoms with Crippen molar-refractivity contribution in [3.63, 3.8) is 0 Å². The molecule has 0 aromatic heterocycles. The molecule has 0 atom stereocenters. The number of likely N-dealkylation sites (N-methyl/N-ethyl adjacent to an activating group) is 1. The Morgan fingerprint density at radius 2 is 1.92 bits per heavy atom. The van der Waals surface area contributed by atoms with Gasteiger partial charge in [-0.1, -0.05) is 25.1 Å². The number of para-hydroxylation sites is 1. The Bertz CT molecular complexity index is 489. The second kappa shape index (κ2) is 12.4. The van der Waals surface area contributed by atoms with Crippen LogP contribution in [-0.4, -0.2) is 68.2 Å². The van der Waals surface area contributed by atoms with Gasteiger partial charge >= 0.3 is 0 Å². The highest BCUT2D eigenvalue weighted by molar-refractivity contribution is 14.0. The molecule has 1 aliphatic rings. The van der Waals surface area contributed by atoms with E-state index in [1.54, 1.807) is 0 Å². The summed E-state index contributed by atoms with van der Waals surface area (Å²) in [6.45, 7) is 10.1. The molecule has 0 spiro atoms. The fraction of sp³-hybridized carbons (Fsp3) is 0.632. The normalized spacial score (nSPS) is 15.8. The number of likely N-dealkylation sites (tertiary alicyclic amines) is 1. The Kier molecular flexibility index (Phi) is 10.9. The lowest BCUT2D eigenvalue weighted by atomic mass is 10.1. The summed E-state index contributed by atoms with van der Waals surface area (Å²) < 4.78 is 6.08. The van der Waals surface area contributed by atoms with Crippen molar-refractivity contribution in [1.82, 2.24) is 15.1 Å². The third-order valence-electron chi connectivity index (χ3n) is 4.41. The third kappa shape index (κ3) is 7.81. The maximum Gasteiger partial charge on any atom is 0.193 e. The summed E-state index contributed by atoms with van der Waals surface area (Å²) in [5.74, 6) is 2.01. The average molecular weight is 460 g/mol. The second-order valence-corrected chi connectivity index (χ2v) is 6.25. The molecule has 5 nitrogen and oxygen atoms in total. The molecule has 1 heterocycles. The number of ether oxygens (including phenoxy) is 1. The van der Waals surface area contributed by atoms with Crippen LogP contribution in [0, 0.1) is 0 Å². The Hall–Kier alpha value is -1.02. The van der Waals surface area contributed by atoms with Crippen LogP contribution in [0.5, 0.6) is 5.75 Å². The second-order valence-electron chi connectivity index (χ2n) is 6.25. The molecule has 1 aromatic carbocycles. The lowest BCUT2D eigenvalue weighted by Gasteiger charge is -2.34. The number of halogens is 1. The fourth-order valence-electron chi connectivity index (χ4n) is 2.79. The van der Waals surface area contributed by atoms with E-state index >= 15 is 0 Å². The average Bonchev–Trinajstić information content (AvgIpc) is 2.62. The fourth-order valence-corrected chi connectivity index (χ4v) is 2.79. The zero-order valence-electron chi connectivity index (χ0n) is 15.8. The first-order valence-electron chi connectivity index (χ1n) is 9.16. The number of hydrogen-bond donors (Lipinski definition) is 1. The first-order chi connectivity index (χ1) is 11.7. The predicted molar refractivity (Wildman–Crippen MR) is 116 cm³/mol. The zero-order chi connectivity index (χ0) is 17.2. The molecule has 0 aliphatic carbocycles. The van der Waals surface area contributed by atoms with Gasteiger partial charge in [0.15, 0.2) is 5.96 Å². The number of rotatable bonds is 7. The van der Waals surface area contributed by atoms with Gasteiger partial charge in [-0.05, 0) is 32.6 Å². The van der Waals surface area contributed by atoms with Gasteiger partial charge in [-0.3, -0.25) is 4.99 Å². The van der Waals surface area contributed by atoms with Gasteiger partial charge in [-0.15, -0.1) is 24.0 Å². The highest BCUT2D eigenvalue weighted by Crippen LogP contribution is 2.18. The SMILES string of the molecule is CCNC(=NCCN(C)CC)N1CCC(Oc2ccccc2)CC1.I. The number of guanidine groups is 1. The monoisotopic (exact) mass is 460 g/mol. The van der Waals surface area contributed by atoms with Gasteiger partial charge in [0.05, 0.1) is 6.54 Å². The van der Waals surface area contributed by atoms with Crippen LogP contribution in [0.2, 0.25) is 0 Å². The molecule has 0 amide bonds. The molecule has 1 saturated heterocycles. The van der Waals surface area contributed by atoms with Crippen LogP contribution >= 0.6 is 24.0 Å². The van der Waals surface area contributed by atoms with E-state index in [4.69, 9.17) is 9.73 Å². The van der Waals surface area contributed by atoms with Gasteiger partial charge in [0, 0.05) is 39.0 Å². The standard InChI is InChI=1S/C19H32N4O.HI/c1-4-20-19(21-13-16-22(3)5-2)23-14-11-18(12-15-23)24-17-9-7-6-8-10-17;/h6-10,18H,4-5,11-16H2,1-3H3,(H,20,21);1H. The van der Waals surface area contributed by atoms with Crippen molar-refractivity contribution < 1.29 is 4.74 Å². The van der Waals surface area contributed by atoms with Gasteiger partial charge < -0.3 is 19.9 Å². The summed E-state index contributed by atoms with van der Waals surface area (Å²) >= 11 is 0. The molecule has 0 saturated carbocycles. The number of benzene rings is 1. The van der Waals surface area contributed by atoms with E-state index in [9.17, 15) is 0 Å². The molecular weight excluding hydrogens is 427 g/mol. The first-order valence-corrected chi connectivity index (χ1v) is 9.16. The molecule has 0 radical (unpaired) electrons. The van der Waals surface area contributed by atoms with E-state index in [-0.39, 0.29) is 24.0 Å². The smallest absolute Gasteiger partial charge is 0.193 e. The number of aliphatic imine (C=N–C) groups is 1. The summed E-state index contributed by atoms with van der Waals surface area (Å²) in [5, 5.41) is 3.43. The van der Waals surface area contributed by atoms with E-state index < -0.39 is 0 Å². The topological polar surface area (TPSA) is 40.1 Å². The molecular formula is C19H33IN4O. The van der Waals surface area contributed by atoms with Crippen molar-refractivity contribution in [3.8, 4) is 5.75 Å². The molecule has 6 heteroatoms. The van der Waals surface area contributed by atoms with Crippen molar-refractivity contribution in [1.29, 1.82) is 0 Å². The summed E-state index contributed by atoms with van der Waals surface area (Å²) in [6.07, 6.45) is 2.38. The van der Waals surface area contributed by atoms with E-state index in [0.29, 0.717) is 6.10 Å². The van der Waals surface area contributed by atoms with Crippen LogP contribution in [0.25, 0.3) is 0 Å². The lowest BCUT2D eigenvalue weighted by molar-refractivity contribution is 0.129. The summed E-state index contributed by atoms with van der Waals surface area (Å²) in [6, 6.07) is 10.1. The van der Waals surface area contributed by atoms with Gasteiger partial charge in [-0.2, -0.15) is 0 Å². The minimum atomic E-state index is 0. The Balaban J connectivity index is 0.00000312. The molecule has 1 aromatic rings. The Morgan fingerprint density at radius 3 is 2.52 bits per heavy atom. The van der Waals surface area contributed by atoms with E-state index in [2.05, 4.69) is 36.0 Å². The van der Waals surface area contributed by atoms with Crippen molar-refractivity contribution in [3.05, 3.63) is 30.3 Å². The van der Waals surface area contributed by atoms with Crippen LogP contribution in [0.3, 0.4) is 0 Å². The van der Waals surface area contributed by atoms with Crippen LogP contribution in [-0.2, 0) is 0 Å². The van der Waals surface area contributed by atoms with Crippen molar-refractivity contribution in [2.75, 3.05) is 46.3 Å². The molecule has 1 fully saturated rings. The minimum Gasteiger partial charge on any atom is -0.490 e. The van der Waals surface area contributed by atoms with Crippen molar-refractivity contribution >= 4 is 29.9 Å². The quantitative estimate of drug-likeness (QED) is 0.386. The zero-order valence-corrected chi connectivity index (χ0v) is 18.1. The predicted octanol–water partition coefficient (Wildman–Crippen LogP) is 3.07. The lowest BCUT2D eigenvalue weighted by Crippen LogP contribution is -2.47. The van der Waals surface area contributed by atoms with E-state index in [0.717, 1.165) is 63.8 Å². The van der Waals surface area contributed by atoms with Crippen LogP contribution in [0.15, 0.2) is 35.3 Å². The molecule has 1 N–H and O–H groups in total. The number of nitrogens with one attached hydrogen (secondary N) is 1. The molecule has 0 unspecified atom stereocenters. The van der Waals surface area contributed by atoms with Crippen LogP contribution in [0.1, 0.15) is 26.7 Å². The molecule has 142 valence electrons. The summed E-state index contributed by atoms with van der Waals surface area (Å²) in [7, 11) is 2.13. The van der Waals surface area contributed by atoms with Gasteiger partial charge in [0.1, 0.15) is 11.9 Å². The van der Waals surface area contributed by atoms with Crippen LogP contribution < -0.4 is 10.1 Å². The molecule has 0 bridgehead atoms. The largest absolute Gasteiger partial charge is 0.490 e. The van der Waals surface area contributed by atoms with Crippen molar-refractivity contribution in [2.45, 2.75) is 32.8 Å². The number of hydrogen-bond acceptors (Lipinski definition) is 3. The molecule has 2 rings (SSSR count). The third-order valence-corrected chi connectivity index (χ3v) is 4.41. The summed E-state index contributed by atoms with van der Waals surface area (Å²) in [5.41, 5.74) is 0. The van der Waals surface area contributed by atoms with E-state index in [1.165, 1.54) is 0 Å². The van der Waals surface area contributed by atoms with Crippen molar-refractivity contribution in [2.24, 2.45) is 4.99 Å². The Labute approximate surface area is 169 Å².